The van der Waals surface area contributed by atoms with Crippen LogP contribution in [0, 0.1) is 6.92 Å². The van der Waals surface area contributed by atoms with Crippen LogP contribution in [0.5, 0.6) is 0 Å². The average Bonchev–Trinajstić information content (AvgIpc) is 2.86. The van der Waals surface area contributed by atoms with Crippen molar-refractivity contribution in [1.82, 2.24) is 9.97 Å². The fourth-order valence-corrected chi connectivity index (χ4v) is 2.74. The number of hydrogen-bond donors (Lipinski definition) is 1. The molecule has 3 heterocycles. The molecule has 23 heavy (non-hydrogen) atoms. The van der Waals surface area contributed by atoms with E-state index in [1.165, 1.54) is 25.7 Å². The van der Waals surface area contributed by atoms with E-state index in [0.717, 1.165) is 24.5 Å². The Labute approximate surface area is 136 Å². The third kappa shape index (κ3) is 4.06. The van der Waals surface area contributed by atoms with Gasteiger partial charge in [0, 0.05) is 25.5 Å². The Balaban J connectivity index is 1.66. The summed E-state index contributed by atoms with van der Waals surface area (Å²) in [6, 6.07) is 7.48. The molecule has 0 atom stereocenters. The normalized spacial score (nSPS) is 15.1. The number of hydrogen-bond acceptors (Lipinski definition) is 4. The second-order valence-electron chi connectivity index (χ2n) is 5.98. The molecule has 1 saturated heterocycles. The van der Waals surface area contributed by atoms with Crippen molar-refractivity contribution in [2.24, 2.45) is 0 Å². The van der Waals surface area contributed by atoms with Crippen molar-refractivity contribution >= 4 is 17.5 Å². The molecule has 1 aliphatic heterocycles. The van der Waals surface area contributed by atoms with E-state index >= 15 is 0 Å². The van der Waals surface area contributed by atoms with Gasteiger partial charge >= 0.3 is 0 Å². The van der Waals surface area contributed by atoms with Gasteiger partial charge in [0.1, 0.15) is 11.6 Å². The van der Waals surface area contributed by atoms with Gasteiger partial charge in [-0.3, -0.25) is 4.79 Å². The molecule has 1 fully saturated rings. The van der Waals surface area contributed by atoms with Crippen molar-refractivity contribution in [3.05, 3.63) is 47.8 Å². The lowest BCUT2D eigenvalue weighted by molar-refractivity contribution is 0.102. The Bertz CT molecular complexity index is 644. The van der Waals surface area contributed by atoms with Gasteiger partial charge in [0.05, 0.1) is 5.56 Å². The van der Waals surface area contributed by atoms with Gasteiger partial charge in [-0.15, -0.1) is 0 Å². The number of carbonyl (C=O) groups excluding carboxylic acids is 1. The minimum atomic E-state index is -0.184. The predicted molar refractivity (Wildman–Crippen MR) is 91.8 cm³/mol. The molecule has 5 heteroatoms. The molecule has 0 radical (unpaired) electrons. The maximum atomic E-state index is 12.2. The standard InChI is InChI=1S/C18H22N4O/c1-14-6-8-16(19-12-14)21-18(23)15-7-9-17(20-13-15)22-10-4-2-3-5-11-22/h6-9,12-13H,2-5,10-11H2,1H3,(H,19,21,23). The van der Waals surface area contributed by atoms with Gasteiger partial charge in [0.25, 0.3) is 5.91 Å². The highest BCUT2D eigenvalue weighted by Gasteiger charge is 2.12. The minimum absolute atomic E-state index is 0.184. The molecular formula is C18H22N4O. The van der Waals surface area contributed by atoms with Crippen molar-refractivity contribution in [1.29, 1.82) is 0 Å². The Morgan fingerprint density at radius 2 is 1.78 bits per heavy atom. The predicted octanol–water partition coefficient (Wildman–Crippen LogP) is 3.42. The summed E-state index contributed by atoms with van der Waals surface area (Å²) >= 11 is 0. The fourth-order valence-electron chi connectivity index (χ4n) is 2.74. The van der Waals surface area contributed by atoms with Gasteiger partial charge < -0.3 is 10.2 Å². The van der Waals surface area contributed by atoms with E-state index in [2.05, 4.69) is 20.2 Å². The number of amides is 1. The molecule has 2 aromatic rings. The Hall–Kier alpha value is -2.43. The lowest BCUT2D eigenvalue weighted by Gasteiger charge is -2.21. The van der Waals surface area contributed by atoms with E-state index < -0.39 is 0 Å². The number of anilines is 2. The zero-order valence-electron chi connectivity index (χ0n) is 13.5. The highest BCUT2D eigenvalue weighted by molar-refractivity contribution is 6.03. The van der Waals surface area contributed by atoms with Gasteiger partial charge in [-0.05, 0) is 43.5 Å². The Kier molecular flexibility index (Phi) is 4.86. The first kappa shape index (κ1) is 15.5. The van der Waals surface area contributed by atoms with Gasteiger partial charge in [0.15, 0.2) is 0 Å². The van der Waals surface area contributed by atoms with Gasteiger partial charge in [-0.1, -0.05) is 18.9 Å². The lowest BCUT2D eigenvalue weighted by Crippen LogP contribution is -2.25. The van der Waals surface area contributed by atoms with Crippen LogP contribution in [-0.2, 0) is 0 Å². The topological polar surface area (TPSA) is 58.1 Å². The molecule has 5 nitrogen and oxygen atoms in total. The maximum absolute atomic E-state index is 12.2. The smallest absolute Gasteiger partial charge is 0.258 e. The van der Waals surface area contributed by atoms with E-state index in [9.17, 15) is 4.79 Å². The number of aromatic nitrogens is 2. The quantitative estimate of drug-likeness (QED) is 0.943. The molecule has 0 unspecified atom stereocenters. The molecule has 0 spiro atoms. The first-order chi connectivity index (χ1) is 11.2. The van der Waals surface area contributed by atoms with E-state index in [1.54, 1.807) is 18.5 Å². The summed E-state index contributed by atoms with van der Waals surface area (Å²) in [6.07, 6.45) is 8.38. The summed E-state index contributed by atoms with van der Waals surface area (Å²) < 4.78 is 0. The van der Waals surface area contributed by atoms with Crippen LogP contribution in [0.25, 0.3) is 0 Å². The molecule has 1 aliphatic rings. The number of pyridine rings is 2. The zero-order chi connectivity index (χ0) is 16.1. The average molecular weight is 310 g/mol. The van der Waals surface area contributed by atoms with E-state index in [1.807, 2.05) is 25.1 Å². The van der Waals surface area contributed by atoms with Crippen molar-refractivity contribution in [3.63, 3.8) is 0 Å². The lowest BCUT2D eigenvalue weighted by atomic mass is 10.2. The first-order valence-electron chi connectivity index (χ1n) is 8.17. The first-order valence-corrected chi connectivity index (χ1v) is 8.17. The summed E-state index contributed by atoms with van der Waals surface area (Å²) in [5.41, 5.74) is 1.61. The molecule has 1 amide bonds. The molecule has 0 aliphatic carbocycles. The van der Waals surface area contributed by atoms with E-state index in [4.69, 9.17) is 0 Å². The monoisotopic (exact) mass is 310 g/mol. The molecule has 2 aromatic heterocycles. The number of aryl methyl sites for hydroxylation is 1. The molecule has 120 valence electrons. The minimum Gasteiger partial charge on any atom is -0.357 e. The van der Waals surface area contributed by atoms with Crippen molar-refractivity contribution in [3.8, 4) is 0 Å². The highest BCUT2D eigenvalue weighted by atomic mass is 16.1. The number of nitrogens with zero attached hydrogens (tertiary/aromatic N) is 3. The summed E-state index contributed by atoms with van der Waals surface area (Å²) in [5, 5.41) is 2.79. The highest BCUT2D eigenvalue weighted by Crippen LogP contribution is 2.17. The SMILES string of the molecule is Cc1ccc(NC(=O)c2ccc(N3CCCCCC3)nc2)nc1. The summed E-state index contributed by atoms with van der Waals surface area (Å²) in [4.78, 5) is 23.2. The van der Waals surface area contributed by atoms with Gasteiger partial charge in [-0.2, -0.15) is 0 Å². The van der Waals surface area contributed by atoms with Crippen LogP contribution >= 0.6 is 0 Å². The largest absolute Gasteiger partial charge is 0.357 e. The maximum Gasteiger partial charge on any atom is 0.258 e. The Morgan fingerprint density at radius 1 is 1.00 bits per heavy atom. The summed E-state index contributed by atoms with van der Waals surface area (Å²) in [5.74, 6) is 1.32. The van der Waals surface area contributed by atoms with Crippen LogP contribution in [0.4, 0.5) is 11.6 Å². The molecule has 0 bridgehead atoms. The molecule has 0 saturated carbocycles. The van der Waals surface area contributed by atoms with Crippen LogP contribution in [0.3, 0.4) is 0 Å². The van der Waals surface area contributed by atoms with Crippen molar-refractivity contribution in [2.75, 3.05) is 23.3 Å². The van der Waals surface area contributed by atoms with Gasteiger partial charge in [0.2, 0.25) is 0 Å². The van der Waals surface area contributed by atoms with Gasteiger partial charge in [-0.25, -0.2) is 9.97 Å². The molecular weight excluding hydrogens is 288 g/mol. The van der Waals surface area contributed by atoms with E-state index in [0.29, 0.717) is 11.4 Å². The summed E-state index contributed by atoms with van der Waals surface area (Å²) in [7, 11) is 0. The number of rotatable bonds is 3. The molecule has 1 N–H and O–H groups in total. The van der Waals surface area contributed by atoms with Crippen LogP contribution in [0.1, 0.15) is 41.6 Å². The Morgan fingerprint density at radius 3 is 2.39 bits per heavy atom. The van der Waals surface area contributed by atoms with E-state index in [-0.39, 0.29) is 5.91 Å². The molecule has 3 rings (SSSR count). The van der Waals surface area contributed by atoms with Crippen LogP contribution in [-0.4, -0.2) is 29.0 Å². The van der Waals surface area contributed by atoms with Crippen LogP contribution in [0.2, 0.25) is 0 Å². The zero-order valence-corrected chi connectivity index (χ0v) is 13.5. The van der Waals surface area contributed by atoms with Crippen molar-refractivity contribution < 1.29 is 4.79 Å². The second-order valence-corrected chi connectivity index (χ2v) is 5.98. The third-order valence-corrected chi connectivity index (χ3v) is 4.09. The fraction of sp³-hybridized carbons (Fsp3) is 0.389. The van der Waals surface area contributed by atoms with Crippen molar-refractivity contribution in [2.45, 2.75) is 32.6 Å². The second kappa shape index (κ2) is 7.22. The summed E-state index contributed by atoms with van der Waals surface area (Å²) in [6.45, 7) is 4.06. The third-order valence-electron chi connectivity index (χ3n) is 4.09. The number of carbonyl (C=O) groups is 1. The number of nitrogens with one attached hydrogen (secondary N) is 1. The molecule has 0 aromatic carbocycles. The van der Waals surface area contributed by atoms with Crippen LogP contribution < -0.4 is 10.2 Å². The van der Waals surface area contributed by atoms with Crippen LogP contribution in [0.15, 0.2) is 36.7 Å².